The van der Waals surface area contributed by atoms with E-state index in [2.05, 4.69) is 21.2 Å². The van der Waals surface area contributed by atoms with E-state index in [-0.39, 0.29) is 6.61 Å². The topological polar surface area (TPSA) is 38.3 Å². The quantitative estimate of drug-likeness (QED) is 0.898. The van der Waals surface area contributed by atoms with Gasteiger partial charge in [0.05, 0.1) is 4.47 Å². The van der Waals surface area contributed by atoms with E-state index in [9.17, 15) is 13.6 Å². The molecular weight excluding hydrogens is 344 g/mol. The van der Waals surface area contributed by atoms with Crippen molar-refractivity contribution in [2.24, 2.45) is 0 Å². The summed E-state index contributed by atoms with van der Waals surface area (Å²) in [6, 6.07) is 8.01. The molecule has 1 amide bonds. The Morgan fingerprint density at radius 3 is 2.57 bits per heavy atom. The van der Waals surface area contributed by atoms with Crippen LogP contribution in [0.2, 0.25) is 0 Å². The SMILES string of the molecule is Cc1ccc(F)cc1NC(=O)COc1ccc(F)cc1Br. The molecule has 0 atom stereocenters. The molecule has 0 heterocycles. The predicted octanol–water partition coefficient (Wildman–Crippen LogP) is 4.05. The van der Waals surface area contributed by atoms with Crippen LogP contribution in [0.15, 0.2) is 40.9 Å². The summed E-state index contributed by atoms with van der Waals surface area (Å²) in [4.78, 5) is 11.8. The standard InChI is InChI=1S/C15H12BrF2NO2/c1-9-2-3-11(18)7-13(9)19-15(20)8-21-14-5-4-10(17)6-12(14)16/h2-7H,8H2,1H3,(H,19,20). The molecule has 0 unspecified atom stereocenters. The molecule has 21 heavy (non-hydrogen) atoms. The zero-order chi connectivity index (χ0) is 15.4. The molecule has 0 aliphatic heterocycles. The normalized spacial score (nSPS) is 10.3. The molecule has 6 heteroatoms. The molecule has 0 saturated carbocycles. The van der Waals surface area contributed by atoms with E-state index in [4.69, 9.17) is 4.74 Å². The predicted molar refractivity (Wildman–Crippen MR) is 79.4 cm³/mol. The third kappa shape index (κ3) is 4.26. The third-order valence-corrected chi connectivity index (χ3v) is 3.35. The number of aryl methyl sites for hydroxylation is 1. The van der Waals surface area contributed by atoms with Crippen LogP contribution in [0.5, 0.6) is 5.75 Å². The smallest absolute Gasteiger partial charge is 0.262 e. The minimum absolute atomic E-state index is 0.264. The second kappa shape index (κ2) is 6.67. The Kier molecular flexibility index (Phi) is 4.90. The lowest BCUT2D eigenvalue weighted by molar-refractivity contribution is -0.118. The highest BCUT2D eigenvalue weighted by atomic mass is 79.9. The fourth-order valence-electron chi connectivity index (χ4n) is 1.65. The van der Waals surface area contributed by atoms with Crippen LogP contribution in [-0.4, -0.2) is 12.5 Å². The number of rotatable bonds is 4. The first-order valence-corrected chi connectivity index (χ1v) is 6.89. The summed E-state index contributed by atoms with van der Waals surface area (Å²) >= 11 is 3.14. The van der Waals surface area contributed by atoms with Gasteiger partial charge in [-0.15, -0.1) is 0 Å². The van der Waals surface area contributed by atoms with Gasteiger partial charge in [0.25, 0.3) is 5.91 Å². The number of hydrogen-bond donors (Lipinski definition) is 1. The maximum Gasteiger partial charge on any atom is 0.262 e. The number of halogens is 3. The molecule has 2 aromatic rings. The zero-order valence-electron chi connectivity index (χ0n) is 11.1. The Morgan fingerprint density at radius 1 is 1.19 bits per heavy atom. The second-order valence-electron chi connectivity index (χ2n) is 4.37. The Morgan fingerprint density at radius 2 is 1.86 bits per heavy atom. The van der Waals surface area contributed by atoms with Crippen molar-refractivity contribution in [1.82, 2.24) is 0 Å². The molecule has 0 aromatic heterocycles. The van der Waals surface area contributed by atoms with Gasteiger partial charge in [-0.2, -0.15) is 0 Å². The Balaban J connectivity index is 1.97. The summed E-state index contributed by atoms with van der Waals surface area (Å²) < 4.78 is 31.7. The lowest BCUT2D eigenvalue weighted by atomic mass is 10.2. The van der Waals surface area contributed by atoms with Crippen molar-refractivity contribution >= 4 is 27.5 Å². The maximum atomic E-state index is 13.1. The van der Waals surface area contributed by atoms with Crippen LogP contribution >= 0.6 is 15.9 Å². The van der Waals surface area contributed by atoms with E-state index in [1.807, 2.05) is 0 Å². The second-order valence-corrected chi connectivity index (χ2v) is 5.23. The highest BCUT2D eigenvalue weighted by Gasteiger charge is 2.09. The minimum atomic E-state index is -0.432. The molecule has 0 spiro atoms. The summed E-state index contributed by atoms with van der Waals surface area (Å²) in [5.74, 6) is -0.922. The number of nitrogens with one attached hydrogen (secondary N) is 1. The monoisotopic (exact) mass is 355 g/mol. The van der Waals surface area contributed by atoms with E-state index in [1.54, 1.807) is 13.0 Å². The molecule has 2 rings (SSSR count). The number of benzene rings is 2. The number of carbonyl (C=O) groups excluding carboxylic acids is 1. The fourth-order valence-corrected chi connectivity index (χ4v) is 2.12. The van der Waals surface area contributed by atoms with Gasteiger partial charge in [0.1, 0.15) is 17.4 Å². The molecule has 110 valence electrons. The lowest BCUT2D eigenvalue weighted by Gasteiger charge is -2.10. The molecule has 2 aromatic carbocycles. The summed E-state index contributed by atoms with van der Waals surface area (Å²) in [7, 11) is 0. The molecular formula is C15H12BrF2NO2. The van der Waals surface area contributed by atoms with Crippen molar-refractivity contribution < 1.29 is 18.3 Å². The average Bonchev–Trinajstić information content (AvgIpc) is 2.42. The van der Waals surface area contributed by atoms with Crippen molar-refractivity contribution in [2.75, 3.05) is 11.9 Å². The van der Waals surface area contributed by atoms with Gasteiger partial charge < -0.3 is 10.1 Å². The van der Waals surface area contributed by atoms with Crippen LogP contribution in [0.1, 0.15) is 5.56 Å². The molecule has 1 N–H and O–H groups in total. The molecule has 0 aliphatic carbocycles. The van der Waals surface area contributed by atoms with Crippen molar-refractivity contribution in [2.45, 2.75) is 6.92 Å². The molecule has 0 radical (unpaired) electrons. The largest absolute Gasteiger partial charge is 0.483 e. The van der Waals surface area contributed by atoms with Gasteiger partial charge >= 0.3 is 0 Å². The third-order valence-electron chi connectivity index (χ3n) is 2.73. The summed E-state index contributed by atoms with van der Waals surface area (Å²) in [5, 5.41) is 2.56. The highest BCUT2D eigenvalue weighted by molar-refractivity contribution is 9.10. The van der Waals surface area contributed by atoms with E-state index < -0.39 is 17.5 Å². The first kappa shape index (κ1) is 15.4. The first-order valence-electron chi connectivity index (χ1n) is 6.09. The molecule has 0 saturated heterocycles. The zero-order valence-corrected chi connectivity index (χ0v) is 12.7. The van der Waals surface area contributed by atoms with Crippen molar-refractivity contribution in [3.63, 3.8) is 0 Å². The van der Waals surface area contributed by atoms with Gasteiger partial charge in [0.2, 0.25) is 0 Å². The van der Waals surface area contributed by atoms with Crippen LogP contribution in [0, 0.1) is 18.6 Å². The van der Waals surface area contributed by atoms with Gasteiger partial charge in [-0.1, -0.05) is 6.07 Å². The summed E-state index contributed by atoms with van der Waals surface area (Å²) in [6.45, 7) is 1.49. The maximum absolute atomic E-state index is 13.1. The Labute approximate surface area is 129 Å². The van der Waals surface area contributed by atoms with Gasteiger partial charge in [0, 0.05) is 5.69 Å². The fraction of sp³-hybridized carbons (Fsp3) is 0.133. The van der Waals surface area contributed by atoms with E-state index in [0.717, 1.165) is 5.56 Å². The number of ether oxygens (including phenoxy) is 1. The first-order chi connectivity index (χ1) is 9.95. The average molecular weight is 356 g/mol. The summed E-state index contributed by atoms with van der Waals surface area (Å²) in [5.41, 5.74) is 1.13. The van der Waals surface area contributed by atoms with Gasteiger partial charge in [-0.05, 0) is 58.7 Å². The Hall–Kier alpha value is -1.95. The van der Waals surface area contributed by atoms with Crippen LogP contribution < -0.4 is 10.1 Å². The van der Waals surface area contributed by atoms with E-state index in [1.165, 1.54) is 30.3 Å². The molecule has 0 fully saturated rings. The van der Waals surface area contributed by atoms with Crippen molar-refractivity contribution in [3.05, 3.63) is 58.1 Å². The number of carbonyl (C=O) groups is 1. The molecule has 0 aliphatic rings. The number of hydrogen-bond acceptors (Lipinski definition) is 2. The summed E-state index contributed by atoms with van der Waals surface area (Å²) in [6.07, 6.45) is 0. The van der Waals surface area contributed by atoms with E-state index >= 15 is 0 Å². The Bertz CT molecular complexity index is 677. The van der Waals surface area contributed by atoms with Crippen LogP contribution in [0.25, 0.3) is 0 Å². The van der Waals surface area contributed by atoms with Crippen LogP contribution in [0.4, 0.5) is 14.5 Å². The van der Waals surface area contributed by atoms with Gasteiger partial charge in [-0.3, -0.25) is 4.79 Å². The van der Waals surface area contributed by atoms with Crippen LogP contribution in [-0.2, 0) is 4.79 Å². The van der Waals surface area contributed by atoms with Crippen molar-refractivity contribution in [3.8, 4) is 5.75 Å². The lowest BCUT2D eigenvalue weighted by Crippen LogP contribution is -2.20. The number of anilines is 1. The van der Waals surface area contributed by atoms with Crippen LogP contribution in [0.3, 0.4) is 0 Å². The minimum Gasteiger partial charge on any atom is -0.483 e. The molecule has 0 bridgehead atoms. The molecule has 3 nitrogen and oxygen atoms in total. The van der Waals surface area contributed by atoms with E-state index in [0.29, 0.717) is 15.9 Å². The van der Waals surface area contributed by atoms with Gasteiger partial charge in [0.15, 0.2) is 6.61 Å². The van der Waals surface area contributed by atoms with Crippen molar-refractivity contribution in [1.29, 1.82) is 0 Å². The van der Waals surface area contributed by atoms with Gasteiger partial charge in [-0.25, -0.2) is 8.78 Å². The highest BCUT2D eigenvalue weighted by Crippen LogP contribution is 2.25. The number of amides is 1.